The number of pyridine rings is 1. The van der Waals surface area contributed by atoms with Gasteiger partial charge in [0.15, 0.2) is 0 Å². The molecule has 1 atom stereocenters. The minimum absolute atomic E-state index is 0.0266. The molecule has 0 unspecified atom stereocenters. The van der Waals surface area contributed by atoms with E-state index in [9.17, 15) is 9.59 Å². The molecule has 33 heavy (non-hydrogen) atoms. The van der Waals surface area contributed by atoms with E-state index >= 15 is 0 Å². The number of anilines is 2. The van der Waals surface area contributed by atoms with Crippen molar-refractivity contribution in [3.63, 3.8) is 0 Å². The molecule has 3 heterocycles. The summed E-state index contributed by atoms with van der Waals surface area (Å²) >= 11 is 1.36. The third-order valence-corrected chi connectivity index (χ3v) is 7.17. The summed E-state index contributed by atoms with van der Waals surface area (Å²) in [5, 5.41) is 4.31. The van der Waals surface area contributed by atoms with Gasteiger partial charge in [-0.25, -0.2) is 0 Å². The Morgan fingerprint density at radius 3 is 2.52 bits per heavy atom. The number of nitrogens with zero attached hydrogens (tertiary/aromatic N) is 2. The molecule has 0 saturated carbocycles. The molecular formula is C26H25N3O3S. The number of para-hydroxylation sites is 2. The molecule has 2 aromatic heterocycles. The van der Waals surface area contributed by atoms with Crippen LogP contribution >= 0.6 is 11.3 Å². The zero-order valence-electron chi connectivity index (χ0n) is 18.4. The van der Waals surface area contributed by atoms with E-state index in [0.29, 0.717) is 18.0 Å². The number of thiophene rings is 1. The number of carbonyl (C=O) groups excluding carboxylic acids is 1. The quantitative estimate of drug-likeness (QED) is 0.438. The van der Waals surface area contributed by atoms with Crippen molar-refractivity contribution in [1.29, 1.82) is 0 Å². The third kappa shape index (κ3) is 4.05. The normalized spacial score (nSPS) is 15.8. The Morgan fingerprint density at radius 2 is 1.79 bits per heavy atom. The summed E-state index contributed by atoms with van der Waals surface area (Å²) in [4.78, 5) is 30.0. The molecule has 7 heteroatoms. The number of benzene rings is 2. The van der Waals surface area contributed by atoms with Crippen molar-refractivity contribution in [3.8, 4) is 5.69 Å². The lowest BCUT2D eigenvalue weighted by Gasteiger charge is -2.24. The van der Waals surface area contributed by atoms with Crippen molar-refractivity contribution in [2.45, 2.75) is 18.9 Å². The van der Waals surface area contributed by atoms with E-state index in [-0.39, 0.29) is 17.5 Å². The molecule has 5 rings (SSSR count). The lowest BCUT2D eigenvalue weighted by atomic mass is 10.2. The first kappa shape index (κ1) is 21.4. The summed E-state index contributed by atoms with van der Waals surface area (Å²) in [5.74, 6) is -0.0266. The number of carbonyl (C=O) groups is 1. The van der Waals surface area contributed by atoms with Gasteiger partial charge in [0.25, 0.3) is 11.5 Å². The molecule has 4 aromatic rings. The van der Waals surface area contributed by atoms with Crippen LogP contribution in [-0.2, 0) is 4.74 Å². The van der Waals surface area contributed by atoms with Crippen LogP contribution in [0.1, 0.15) is 22.5 Å². The second kappa shape index (κ2) is 9.21. The first-order valence-corrected chi connectivity index (χ1v) is 11.8. The summed E-state index contributed by atoms with van der Waals surface area (Å²) in [6, 6.07) is 22.8. The van der Waals surface area contributed by atoms with E-state index < -0.39 is 0 Å². The highest BCUT2D eigenvalue weighted by Gasteiger charge is 2.32. The number of rotatable bonds is 6. The van der Waals surface area contributed by atoms with Gasteiger partial charge in [-0.15, -0.1) is 11.3 Å². The van der Waals surface area contributed by atoms with Gasteiger partial charge in [0.05, 0.1) is 24.0 Å². The first-order chi connectivity index (χ1) is 16.2. The van der Waals surface area contributed by atoms with Gasteiger partial charge in [0, 0.05) is 30.8 Å². The van der Waals surface area contributed by atoms with E-state index in [1.54, 1.807) is 17.7 Å². The predicted molar refractivity (Wildman–Crippen MR) is 133 cm³/mol. The van der Waals surface area contributed by atoms with Crippen molar-refractivity contribution >= 4 is 38.8 Å². The van der Waals surface area contributed by atoms with Crippen LogP contribution < -0.4 is 10.9 Å². The maximum atomic E-state index is 13.8. The molecule has 0 aliphatic carbocycles. The van der Waals surface area contributed by atoms with Crippen molar-refractivity contribution in [1.82, 2.24) is 9.47 Å². The minimum atomic E-state index is -0.126. The number of hydrogen-bond donors (Lipinski definition) is 1. The highest BCUT2D eigenvalue weighted by Crippen LogP contribution is 2.39. The van der Waals surface area contributed by atoms with Crippen LogP contribution in [-0.4, -0.2) is 41.7 Å². The molecule has 1 aliphatic rings. The van der Waals surface area contributed by atoms with Gasteiger partial charge in [-0.05, 0) is 43.2 Å². The van der Waals surface area contributed by atoms with Crippen LogP contribution in [0, 0.1) is 0 Å². The van der Waals surface area contributed by atoms with Crippen LogP contribution in [0.25, 0.3) is 15.9 Å². The standard InChI is InChI=1S/C26H25N3O3S/c1-32-17-20-13-8-16-28(20)25(31)24-23(27-18-9-4-2-5-10-18)21-14-15-22(30)29(26(21)33-24)19-11-6-3-7-12-19/h2-7,9-12,14-15,20,27H,8,13,16-17H2,1H3/t20-/m1/s1. The van der Waals surface area contributed by atoms with Gasteiger partial charge in [0.1, 0.15) is 9.71 Å². The first-order valence-electron chi connectivity index (χ1n) is 11.0. The molecular weight excluding hydrogens is 434 g/mol. The summed E-state index contributed by atoms with van der Waals surface area (Å²) in [6.07, 6.45) is 1.89. The Balaban J connectivity index is 1.69. The van der Waals surface area contributed by atoms with Crippen molar-refractivity contribution in [3.05, 3.63) is 88.0 Å². The molecule has 2 aromatic carbocycles. The molecule has 1 aliphatic heterocycles. The molecule has 6 nitrogen and oxygen atoms in total. The number of ether oxygens (including phenoxy) is 1. The molecule has 168 valence electrons. The van der Waals surface area contributed by atoms with Crippen molar-refractivity contribution < 1.29 is 9.53 Å². The number of amides is 1. The Labute approximate surface area is 196 Å². The molecule has 0 radical (unpaired) electrons. The third-order valence-electron chi connectivity index (χ3n) is 5.99. The SMILES string of the molecule is COC[C@H]1CCCN1C(=O)c1sc2c(ccc(=O)n2-c2ccccc2)c1Nc1ccccc1. The van der Waals surface area contributed by atoms with Gasteiger partial charge in [0.2, 0.25) is 0 Å². The van der Waals surface area contributed by atoms with E-state index in [2.05, 4.69) is 5.32 Å². The van der Waals surface area contributed by atoms with Gasteiger partial charge >= 0.3 is 0 Å². The zero-order valence-corrected chi connectivity index (χ0v) is 19.2. The highest BCUT2D eigenvalue weighted by molar-refractivity contribution is 7.21. The molecule has 0 bridgehead atoms. The van der Waals surface area contributed by atoms with Crippen LogP contribution in [0.4, 0.5) is 11.4 Å². The number of fused-ring (bicyclic) bond motifs is 1. The monoisotopic (exact) mass is 459 g/mol. The average Bonchev–Trinajstić information content (AvgIpc) is 3.45. The number of methoxy groups -OCH3 is 1. The maximum absolute atomic E-state index is 13.8. The van der Waals surface area contributed by atoms with Crippen LogP contribution in [0.15, 0.2) is 77.6 Å². The Hall–Kier alpha value is -3.42. The van der Waals surface area contributed by atoms with Gasteiger partial charge in [-0.2, -0.15) is 0 Å². The van der Waals surface area contributed by atoms with E-state index in [4.69, 9.17) is 4.74 Å². The van der Waals surface area contributed by atoms with Crippen LogP contribution in [0.3, 0.4) is 0 Å². The smallest absolute Gasteiger partial charge is 0.266 e. The summed E-state index contributed by atoms with van der Waals surface area (Å²) < 4.78 is 7.05. The number of hydrogen-bond acceptors (Lipinski definition) is 5. The van der Waals surface area contributed by atoms with Gasteiger partial charge < -0.3 is 15.0 Å². The highest BCUT2D eigenvalue weighted by atomic mass is 32.1. The number of likely N-dealkylation sites (tertiary alicyclic amines) is 1. The average molecular weight is 460 g/mol. The van der Waals surface area contributed by atoms with E-state index in [0.717, 1.165) is 40.1 Å². The maximum Gasteiger partial charge on any atom is 0.266 e. The van der Waals surface area contributed by atoms with Gasteiger partial charge in [-0.3, -0.25) is 14.2 Å². The predicted octanol–water partition coefficient (Wildman–Crippen LogP) is 5.05. The van der Waals surface area contributed by atoms with Crippen LogP contribution in [0.2, 0.25) is 0 Å². The lowest BCUT2D eigenvalue weighted by molar-refractivity contribution is 0.0636. The molecule has 1 amide bonds. The molecule has 1 saturated heterocycles. The fourth-order valence-corrected chi connectivity index (χ4v) is 5.67. The molecule has 0 spiro atoms. The fraction of sp³-hybridized carbons (Fsp3) is 0.231. The Kier molecular flexibility index (Phi) is 5.98. The van der Waals surface area contributed by atoms with Crippen LogP contribution in [0.5, 0.6) is 0 Å². The minimum Gasteiger partial charge on any atom is -0.383 e. The fourth-order valence-electron chi connectivity index (χ4n) is 4.44. The van der Waals surface area contributed by atoms with Gasteiger partial charge in [-0.1, -0.05) is 36.4 Å². The van der Waals surface area contributed by atoms with E-state index in [1.165, 1.54) is 11.3 Å². The van der Waals surface area contributed by atoms with Crippen molar-refractivity contribution in [2.75, 3.05) is 25.6 Å². The summed E-state index contributed by atoms with van der Waals surface area (Å²) in [7, 11) is 1.67. The summed E-state index contributed by atoms with van der Waals surface area (Å²) in [6.45, 7) is 1.23. The second-order valence-electron chi connectivity index (χ2n) is 8.11. The number of nitrogens with one attached hydrogen (secondary N) is 1. The molecule has 1 N–H and O–H groups in total. The summed E-state index contributed by atoms with van der Waals surface area (Å²) in [5.41, 5.74) is 2.27. The zero-order chi connectivity index (χ0) is 22.8. The largest absolute Gasteiger partial charge is 0.383 e. The van der Waals surface area contributed by atoms with Crippen molar-refractivity contribution in [2.24, 2.45) is 0 Å². The molecule has 1 fully saturated rings. The Morgan fingerprint density at radius 1 is 1.06 bits per heavy atom. The second-order valence-corrected chi connectivity index (χ2v) is 9.11. The van der Waals surface area contributed by atoms with E-state index in [1.807, 2.05) is 71.6 Å². The number of aromatic nitrogens is 1. The Bertz CT molecular complexity index is 1330. The lowest BCUT2D eigenvalue weighted by Crippen LogP contribution is -2.37. The topological polar surface area (TPSA) is 63.6 Å².